The molecule has 0 bridgehead atoms. The van der Waals surface area contributed by atoms with E-state index in [0.717, 1.165) is 18.5 Å². The number of nitrogens with zero attached hydrogens (tertiary/aromatic N) is 1. The van der Waals surface area contributed by atoms with Crippen molar-refractivity contribution in [3.05, 3.63) is 35.6 Å². The van der Waals surface area contributed by atoms with Crippen LogP contribution in [0.15, 0.2) is 24.3 Å². The van der Waals surface area contributed by atoms with E-state index in [4.69, 9.17) is 5.11 Å². The summed E-state index contributed by atoms with van der Waals surface area (Å²) in [6.45, 7) is 2.70. The highest BCUT2D eigenvalue weighted by Crippen LogP contribution is 2.15. The Morgan fingerprint density at radius 2 is 2.17 bits per heavy atom. The Morgan fingerprint density at radius 3 is 2.78 bits per heavy atom. The van der Waals surface area contributed by atoms with E-state index in [1.807, 2.05) is 0 Å². The molecule has 1 saturated heterocycles. The van der Waals surface area contributed by atoms with E-state index >= 15 is 0 Å². The first kappa shape index (κ1) is 12.8. The second-order valence-electron chi connectivity index (χ2n) is 4.64. The fourth-order valence-corrected chi connectivity index (χ4v) is 2.20. The maximum atomic E-state index is 12.7. The normalized spacial score (nSPS) is 19.2. The van der Waals surface area contributed by atoms with Gasteiger partial charge in [0.25, 0.3) is 0 Å². The second-order valence-corrected chi connectivity index (χ2v) is 4.64. The summed E-state index contributed by atoms with van der Waals surface area (Å²) in [4.78, 5) is 12.2. The van der Waals surface area contributed by atoms with Crippen molar-refractivity contribution in [1.82, 2.24) is 10.2 Å². The van der Waals surface area contributed by atoms with Crippen molar-refractivity contribution in [2.24, 2.45) is 5.92 Å². The van der Waals surface area contributed by atoms with Gasteiger partial charge >= 0.3 is 6.09 Å². The summed E-state index contributed by atoms with van der Waals surface area (Å²) < 4.78 is 12.7. The van der Waals surface area contributed by atoms with E-state index in [0.29, 0.717) is 25.6 Å². The Hall–Kier alpha value is -1.62. The minimum atomic E-state index is -0.837. The molecular weight excluding hydrogens is 235 g/mol. The van der Waals surface area contributed by atoms with Crippen LogP contribution < -0.4 is 5.32 Å². The molecular formula is C13H17FN2O2. The Morgan fingerprint density at radius 1 is 1.44 bits per heavy atom. The lowest BCUT2D eigenvalue weighted by molar-refractivity contribution is 0.154. The van der Waals surface area contributed by atoms with Crippen LogP contribution in [0.3, 0.4) is 0 Å². The molecule has 5 heteroatoms. The molecule has 0 unspecified atom stereocenters. The highest BCUT2D eigenvalue weighted by Gasteiger charge is 2.25. The van der Waals surface area contributed by atoms with Crippen LogP contribution in [0.25, 0.3) is 0 Å². The fourth-order valence-electron chi connectivity index (χ4n) is 2.20. The van der Waals surface area contributed by atoms with E-state index < -0.39 is 6.09 Å². The third-order valence-electron chi connectivity index (χ3n) is 3.23. The molecule has 98 valence electrons. The van der Waals surface area contributed by atoms with Gasteiger partial charge in [-0.05, 0) is 30.0 Å². The van der Waals surface area contributed by atoms with E-state index in [9.17, 15) is 9.18 Å². The summed E-state index contributed by atoms with van der Waals surface area (Å²) in [6.07, 6.45) is 0.0685. The number of carboxylic acid groups (broad SMARTS) is 1. The molecule has 0 saturated carbocycles. The molecule has 0 aliphatic carbocycles. The molecule has 0 radical (unpaired) electrons. The summed E-state index contributed by atoms with van der Waals surface area (Å²) in [7, 11) is 0. The number of likely N-dealkylation sites (tertiary alicyclic amines) is 1. The molecule has 1 amide bonds. The third-order valence-corrected chi connectivity index (χ3v) is 3.23. The number of benzene rings is 1. The van der Waals surface area contributed by atoms with Crippen LogP contribution in [-0.2, 0) is 6.54 Å². The number of carbonyl (C=O) groups is 1. The smallest absolute Gasteiger partial charge is 0.407 e. The zero-order valence-corrected chi connectivity index (χ0v) is 10.1. The molecule has 2 N–H and O–H groups in total. The Balaban J connectivity index is 1.70. The highest BCUT2D eigenvalue weighted by atomic mass is 19.1. The molecule has 0 aromatic heterocycles. The molecule has 1 aromatic carbocycles. The number of hydrogen-bond acceptors (Lipinski definition) is 2. The van der Waals surface area contributed by atoms with Gasteiger partial charge in [-0.2, -0.15) is 0 Å². The zero-order chi connectivity index (χ0) is 13.0. The lowest BCUT2D eigenvalue weighted by atomic mass is 10.1. The minimum absolute atomic E-state index is 0.230. The van der Waals surface area contributed by atoms with Crippen LogP contribution in [0.1, 0.15) is 12.0 Å². The van der Waals surface area contributed by atoms with E-state index in [1.54, 1.807) is 12.1 Å². The Kier molecular flexibility index (Phi) is 4.15. The molecule has 1 aliphatic heterocycles. The molecule has 4 nitrogen and oxygen atoms in total. The van der Waals surface area contributed by atoms with Gasteiger partial charge in [-0.3, -0.25) is 0 Å². The summed E-state index contributed by atoms with van der Waals surface area (Å²) in [6, 6.07) is 6.39. The van der Waals surface area contributed by atoms with Crippen molar-refractivity contribution in [2.75, 3.05) is 19.6 Å². The van der Waals surface area contributed by atoms with Gasteiger partial charge in [-0.1, -0.05) is 12.1 Å². The predicted octanol–water partition coefficient (Wildman–Crippen LogP) is 1.92. The first-order valence-electron chi connectivity index (χ1n) is 6.08. The van der Waals surface area contributed by atoms with Crippen LogP contribution >= 0.6 is 0 Å². The van der Waals surface area contributed by atoms with Crippen LogP contribution in [0.5, 0.6) is 0 Å². The summed E-state index contributed by atoms with van der Waals surface area (Å²) in [5, 5.41) is 12.1. The maximum Gasteiger partial charge on any atom is 0.407 e. The second kappa shape index (κ2) is 5.82. The van der Waals surface area contributed by atoms with Crippen LogP contribution in [0.2, 0.25) is 0 Å². The average Bonchev–Trinajstić information content (AvgIpc) is 2.81. The van der Waals surface area contributed by atoms with Crippen molar-refractivity contribution >= 4 is 6.09 Å². The Labute approximate surface area is 105 Å². The Bertz CT molecular complexity index is 408. The first-order chi connectivity index (χ1) is 8.65. The standard InChI is InChI=1S/C13H17FN2O2/c14-12-3-1-10(2-4-12)7-15-8-11-5-6-16(9-11)13(17)18/h1-4,11,15H,5-9H2,(H,17,18)/t11-/m1/s1. The fraction of sp³-hybridized carbons (Fsp3) is 0.462. The van der Waals surface area contributed by atoms with E-state index in [2.05, 4.69) is 5.32 Å². The summed E-state index contributed by atoms with van der Waals surface area (Å²) in [5.74, 6) is 0.146. The molecule has 1 aromatic rings. The van der Waals surface area contributed by atoms with E-state index in [-0.39, 0.29) is 5.82 Å². The van der Waals surface area contributed by atoms with Crippen molar-refractivity contribution in [1.29, 1.82) is 0 Å². The third kappa shape index (κ3) is 3.43. The monoisotopic (exact) mass is 252 g/mol. The topological polar surface area (TPSA) is 52.6 Å². The molecule has 2 rings (SSSR count). The summed E-state index contributed by atoms with van der Waals surface area (Å²) in [5.41, 5.74) is 1.03. The van der Waals surface area contributed by atoms with Crippen LogP contribution in [0.4, 0.5) is 9.18 Å². The van der Waals surface area contributed by atoms with Gasteiger partial charge in [0.15, 0.2) is 0 Å². The van der Waals surface area contributed by atoms with Crippen LogP contribution in [-0.4, -0.2) is 35.7 Å². The molecule has 1 fully saturated rings. The maximum absolute atomic E-state index is 12.7. The largest absolute Gasteiger partial charge is 0.465 e. The zero-order valence-electron chi connectivity index (χ0n) is 10.1. The van der Waals surface area contributed by atoms with Gasteiger partial charge < -0.3 is 15.3 Å². The van der Waals surface area contributed by atoms with Crippen LogP contribution in [0, 0.1) is 11.7 Å². The number of amides is 1. The molecule has 1 heterocycles. The lowest BCUT2D eigenvalue weighted by Gasteiger charge is -2.13. The van der Waals surface area contributed by atoms with E-state index in [1.165, 1.54) is 17.0 Å². The quantitative estimate of drug-likeness (QED) is 0.860. The van der Waals surface area contributed by atoms with Crippen molar-refractivity contribution in [3.8, 4) is 0 Å². The van der Waals surface area contributed by atoms with Gasteiger partial charge in [0.05, 0.1) is 0 Å². The molecule has 1 atom stereocenters. The SMILES string of the molecule is O=C(O)N1CC[C@H](CNCc2ccc(F)cc2)C1. The number of rotatable bonds is 4. The molecule has 18 heavy (non-hydrogen) atoms. The van der Waals surface area contributed by atoms with Gasteiger partial charge in [-0.25, -0.2) is 9.18 Å². The minimum Gasteiger partial charge on any atom is -0.465 e. The van der Waals surface area contributed by atoms with Gasteiger partial charge in [0, 0.05) is 26.2 Å². The first-order valence-corrected chi connectivity index (χ1v) is 6.08. The van der Waals surface area contributed by atoms with Crippen molar-refractivity contribution in [3.63, 3.8) is 0 Å². The molecule has 1 aliphatic rings. The predicted molar refractivity (Wildman–Crippen MR) is 65.8 cm³/mol. The average molecular weight is 252 g/mol. The summed E-state index contributed by atoms with van der Waals surface area (Å²) >= 11 is 0. The highest BCUT2D eigenvalue weighted by molar-refractivity contribution is 5.65. The number of hydrogen-bond donors (Lipinski definition) is 2. The van der Waals surface area contributed by atoms with Gasteiger partial charge in [0.2, 0.25) is 0 Å². The van der Waals surface area contributed by atoms with Crippen molar-refractivity contribution in [2.45, 2.75) is 13.0 Å². The number of nitrogens with one attached hydrogen (secondary N) is 1. The van der Waals surface area contributed by atoms with Crippen molar-refractivity contribution < 1.29 is 14.3 Å². The number of halogens is 1. The molecule has 0 spiro atoms. The van der Waals surface area contributed by atoms with Gasteiger partial charge in [-0.15, -0.1) is 0 Å². The van der Waals surface area contributed by atoms with Gasteiger partial charge in [0.1, 0.15) is 5.82 Å². The lowest BCUT2D eigenvalue weighted by Crippen LogP contribution is -2.29.